The topological polar surface area (TPSA) is 26.3 Å². The number of unbranched alkanes of at least 4 members (excludes halogenated alkanes) is 22. The predicted molar refractivity (Wildman–Crippen MR) is 145 cm³/mol. The summed E-state index contributed by atoms with van der Waals surface area (Å²) in [5, 5.41) is 0. The van der Waals surface area contributed by atoms with Gasteiger partial charge in [0.15, 0.2) is 0 Å². The van der Waals surface area contributed by atoms with Crippen LogP contribution in [0.15, 0.2) is 0 Å². The first-order chi connectivity index (χ1) is 15.2. The van der Waals surface area contributed by atoms with E-state index in [1.54, 1.807) is 0 Å². The van der Waals surface area contributed by atoms with Gasteiger partial charge in [0.25, 0.3) is 0 Å². The van der Waals surface area contributed by atoms with Crippen LogP contribution in [0.5, 0.6) is 0 Å². The quantitative estimate of drug-likeness (QED) is 0.0743. The Morgan fingerprint density at radius 3 is 1.06 bits per heavy atom. The normalized spacial score (nSPS) is 11.8. The van der Waals surface area contributed by atoms with Crippen molar-refractivity contribution in [3.63, 3.8) is 0 Å². The molecule has 0 aromatic carbocycles. The number of carbonyl (C=O) groups is 1. The molecule has 1 radical (unpaired) electrons. The van der Waals surface area contributed by atoms with Gasteiger partial charge in [-0.1, -0.05) is 148 Å². The van der Waals surface area contributed by atoms with Gasteiger partial charge in [0.2, 0.25) is 0 Å². The molecule has 0 amide bonds. The van der Waals surface area contributed by atoms with Crippen molar-refractivity contribution in [1.82, 2.24) is 0 Å². The number of hydrogen-bond acceptors (Lipinski definition) is 2. The Bertz CT molecular complexity index is 359. The summed E-state index contributed by atoms with van der Waals surface area (Å²) in [6, 6.07) is 0. The second-order valence-electron chi connectivity index (χ2n) is 9.80. The van der Waals surface area contributed by atoms with E-state index in [-0.39, 0.29) is 63.5 Å². The minimum atomic E-state index is -0.214. The van der Waals surface area contributed by atoms with E-state index in [9.17, 15) is 4.79 Å². The molecule has 0 aliphatic heterocycles. The molecule has 0 rings (SSSR count). The summed E-state index contributed by atoms with van der Waals surface area (Å²) >= 11 is 0. The zero-order valence-corrected chi connectivity index (χ0v) is 21.6. The van der Waals surface area contributed by atoms with Gasteiger partial charge in [0, 0.05) is 6.92 Å². The molecule has 0 aromatic rings. The van der Waals surface area contributed by atoms with E-state index in [1.165, 1.54) is 148 Å². The molecule has 0 bridgehead atoms. The molecule has 32 heavy (non-hydrogen) atoms. The van der Waals surface area contributed by atoms with Gasteiger partial charge < -0.3 is 4.74 Å². The molecule has 187 valence electrons. The van der Waals surface area contributed by atoms with Crippen LogP contribution in [0.4, 0.5) is 0 Å². The van der Waals surface area contributed by atoms with Gasteiger partial charge in [-0.3, -0.25) is 4.79 Å². The average Bonchev–Trinajstić information content (AvgIpc) is 2.73. The van der Waals surface area contributed by atoms with E-state index in [1.807, 2.05) is 0 Å². The van der Waals surface area contributed by atoms with Gasteiger partial charge >= 0.3 is 57.4 Å². The SMILES string of the molecule is [CH2]C(CCCCCCCCCCCCCCCCCCCCCCCCC)OC(C)=O.[KH]. The third-order valence-corrected chi connectivity index (χ3v) is 6.46. The minimum absolute atomic E-state index is 0. The standard InChI is InChI=1S/C29H57O2.K.H/c1-4-5-6-7-8-9-10-11-12-13-14-15-16-17-18-19-20-21-22-23-24-25-26-27-28(2)31-29(3)30;;/h28H,2,4-27H2,1,3H3;;. The molecular weight excluding hydrogens is 419 g/mol. The fraction of sp³-hybridized carbons (Fsp3) is 0.931. The van der Waals surface area contributed by atoms with Crippen LogP contribution in [-0.2, 0) is 9.53 Å². The maximum absolute atomic E-state index is 10.8. The fourth-order valence-corrected chi connectivity index (χ4v) is 4.45. The second kappa shape index (κ2) is 30.1. The Morgan fingerprint density at radius 1 is 0.562 bits per heavy atom. The van der Waals surface area contributed by atoms with Crippen molar-refractivity contribution in [2.75, 3.05) is 0 Å². The van der Waals surface area contributed by atoms with Crippen LogP contribution in [0.3, 0.4) is 0 Å². The van der Waals surface area contributed by atoms with Crippen LogP contribution in [-0.4, -0.2) is 63.5 Å². The summed E-state index contributed by atoms with van der Waals surface area (Å²) in [6.45, 7) is 7.61. The molecule has 0 aliphatic carbocycles. The van der Waals surface area contributed by atoms with E-state index in [4.69, 9.17) is 4.74 Å². The zero-order valence-electron chi connectivity index (χ0n) is 21.6. The number of carbonyl (C=O) groups excluding carboxylic acids is 1. The van der Waals surface area contributed by atoms with E-state index in [0.717, 1.165) is 12.8 Å². The fourth-order valence-electron chi connectivity index (χ4n) is 4.45. The molecule has 1 atom stereocenters. The summed E-state index contributed by atoms with van der Waals surface area (Å²) in [5.41, 5.74) is 0. The van der Waals surface area contributed by atoms with Gasteiger partial charge in [0.05, 0.1) is 0 Å². The van der Waals surface area contributed by atoms with Crippen molar-refractivity contribution in [3.8, 4) is 0 Å². The maximum atomic E-state index is 10.8. The van der Waals surface area contributed by atoms with Crippen molar-refractivity contribution >= 4 is 57.4 Å². The molecule has 0 aromatic heterocycles. The van der Waals surface area contributed by atoms with Gasteiger partial charge in [-0.15, -0.1) is 0 Å². The van der Waals surface area contributed by atoms with Crippen molar-refractivity contribution in [2.45, 2.75) is 174 Å². The number of esters is 1. The van der Waals surface area contributed by atoms with Crippen molar-refractivity contribution in [1.29, 1.82) is 0 Å². The zero-order chi connectivity index (χ0) is 22.8. The van der Waals surface area contributed by atoms with Crippen LogP contribution < -0.4 is 0 Å². The van der Waals surface area contributed by atoms with Crippen LogP contribution in [0.2, 0.25) is 0 Å². The van der Waals surface area contributed by atoms with E-state index in [2.05, 4.69) is 13.8 Å². The molecule has 0 spiro atoms. The third-order valence-electron chi connectivity index (χ3n) is 6.46. The molecule has 0 fully saturated rings. The van der Waals surface area contributed by atoms with Crippen molar-refractivity contribution < 1.29 is 9.53 Å². The Morgan fingerprint density at radius 2 is 0.812 bits per heavy atom. The average molecular weight is 478 g/mol. The van der Waals surface area contributed by atoms with Gasteiger partial charge in [-0.2, -0.15) is 0 Å². The molecule has 0 aliphatic rings. The molecule has 0 N–H and O–H groups in total. The number of ether oxygens (including phenoxy) is 1. The Labute approximate surface area is 245 Å². The van der Waals surface area contributed by atoms with Crippen molar-refractivity contribution in [2.24, 2.45) is 0 Å². The van der Waals surface area contributed by atoms with Gasteiger partial charge in [0.1, 0.15) is 6.10 Å². The second-order valence-corrected chi connectivity index (χ2v) is 9.80. The Hall–Kier alpha value is 1.11. The van der Waals surface area contributed by atoms with E-state index >= 15 is 0 Å². The molecule has 0 heterocycles. The molecule has 1 unspecified atom stereocenters. The summed E-state index contributed by atoms with van der Waals surface area (Å²) in [6.07, 6.45) is 33.2. The van der Waals surface area contributed by atoms with Gasteiger partial charge in [-0.05, 0) is 19.8 Å². The monoisotopic (exact) mass is 477 g/mol. The van der Waals surface area contributed by atoms with Crippen LogP contribution >= 0.6 is 0 Å². The summed E-state index contributed by atoms with van der Waals surface area (Å²) < 4.78 is 5.05. The molecule has 0 saturated carbocycles. The first-order valence-electron chi connectivity index (χ1n) is 14.2. The van der Waals surface area contributed by atoms with Crippen LogP contribution in [0.25, 0.3) is 0 Å². The molecule has 2 nitrogen and oxygen atoms in total. The summed E-state index contributed by atoms with van der Waals surface area (Å²) in [7, 11) is 0. The van der Waals surface area contributed by atoms with Gasteiger partial charge in [-0.25, -0.2) is 0 Å². The Kier molecular flexibility index (Phi) is 33.2. The van der Waals surface area contributed by atoms with E-state index in [0.29, 0.717) is 0 Å². The molecular formula is C29H58KO2. The third kappa shape index (κ3) is 31.1. The molecule has 0 saturated heterocycles. The van der Waals surface area contributed by atoms with Crippen LogP contribution in [0.1, 0.15) is 168 Å². The van der Waals surface area contributed by atoms with Crippen molar-refractivity contribution in [3.05, 3.63) is 6.92 Å². The van der Waals surface area contributed by atoms with E-state index < -0.39 is 0 Å². The molecule has 3 heteroatoms. The van der Waals surface area contributed by atoms with Crippen LogP contribution in [0, 0.1) is 6.92 Å². The predicted octanol–water partition coefficient (Wildman–Crippen LogP) is 9.49. The first kappa shape index (κ1) is 35.3. The summed E-state index contributed by atoms with van der Waals surface area (Å²) in [4.78, 5) is 10.8. The first-order valence-corrected chi connectivity index (χ1v) is 14.2. The summed E-state index contributed by atoms with van der Waals surface area (Å²) in [5.74, 6) is -0.214. The number of rotatable bonds is 25. The Balaban J connectivity index is 0. The number of hydrogen-bond donors (Lipinski definition) is 0.